The van der Waals surface area contributed by atoms with Crippen LogP contribution in [0.2, 0.25) is 0 Å². The fourth-order valence-electron chi connectivity index (χ4n) is 1.35. The number of hydrogen-bond donors (Lipinski definition) is 1. The third kappa shape index (κ3) is 1.85. The van der Waals surface area contributed by atoms with Gasteiger partial charge in [-0.3, -0.25) is 0 Å². The molecule has 1 N–H and O–H groups in total. The highest BCUT2D eigenvalue weighted by molar-refractivity contribution is 5.05. The summed E-state index contributed by atoms with van der Waals surface area (Å²) in [5.74, 6) is 0.439. The zero-order valence-electron chi connectivity index (χ0n) is 5.83. The topological polar surface area (TPSA) is 44.0 Å². The van der Waals surface area contributed by atoms with E-state index in [4.69, 9.17) is 10.4 Å². The lowest BCUT2D eigenvalue weighted by Gasteiger charge is -1.98. The van der Waals surface area contributed by atoms with Crippen molar-refractivity contribution in [1.82, 2.24) is 0 Å². The molecule has 0 amide bonds. The van der Waals surface area contributed by atoms with E-state index in [1.807, 2.05) is 12.1 Å². The molecule has 1 saturated carbocycles. The third-order valence-electron chi connectivity index (χ3n) is 1.89. The van der Waals surface area contributed by atoms with E-state index in [0.29, 0.717) is 5.92 Å². The molecular formula is C8H11NO. The van der Waals surface area contributed by atoms with E-state index in [2.05, 4.69) is 0 Å². The number of allylic oxidation sites excluding steroid dienone is 2. The molecule has 2 heteroatoms. The number of hydrogen-bond acceptors (Lipinski definition) is 2. The average Bonchev–Trinajstić information content (AvgIpc) is 2.31. The van der Waals surface area contributed by atoms with E-state index < -0.39 is 0 Å². The predicted molar refractivity (Wildman–Crippen MR) is 38.1 cm³/mol. The van der Waals surface area contributed by atoms with Gasteiger partial charge in [-0.2, -0.15) is 5.26 Å². The minimum absolute atomic E-state index is 0.131. The molecule has 0 aliphatic heterocycles. The molecule has 2 nitrogen and oxygen atoms in total. The number of aliphatic hydroxyl groups is 1. The van der Waals surface area contributed by atoms with Gasteiger partial charge in [0.05, 0.1) is 12.2 Å². The van der Waals surface area contributed by atoms with Gasteiger partial charge in [-0.25, -0.2) is 0 Å². The van der Waals surface area contributed by atoms with E-state index >= 15 is 0 Å². The van der Waals surface area contributed by atoms with Gasteiger partial charge in [-0.1, -0.05) is 6.08 Å². The van der Waals surface area contributed by atoms with Crippen molar-refractivity contribution in [1.29, 1.82) is 5.26 Å². The van der Waals surface area contributed by atoms with Gasteiger partial charge in [-0.15, -0.1) is 0 Å². The maximum atomic E-state index is 9.08. The van der Waals surface area contributed by atoms with Crippen molar-refractivity contribution in [3.63, 3.8) is 0 Å². The molecule has 0 aromatic heterocycles. The molecule has 1 aliphatic carbocycles. The first-order valence-electron chi connectivity index (χ1n) is 3.57. The molecule has 1 aliphatic rings. The van der Waals surface area contributed by atoms with Gasteiger partial charge in [0.2, 0.25) is 0 Å². The van der Waals surface area contributed by atoms with Crippen molar-refractivity contribution in [2.75, 3.05) is 0 Å². The molecule has 0 radical (unpaired) electrons. The summed E-state index contributed by atoms with van der Waals surface area (Å²) in [6.07, 6.45) is 6.00. The van der Waals surface area contributed by atoms with Crippen LogP contribution in [-0.4, -0.2) is 11.2 Å². The second kappa shape index (κ2) is 3.38. The Balaban J connectivity index is 2.33. The van der Waals surface area contributed by atoms with Gasteiger partial charge in [0.1, 0.15) is 0 Å². The quantitative estimate of drug-likeness (QED) is 0.552. The Morgan fingerprint density at radius 1 is 1.50 bits per heavy atom. The highest BCUT2D eigenvalue weighted by Crippen LogP contribution is 2.25. The van der Waals surface area contributed by atoms with Crippen LogP contribution in [0.4, 0.5) is 0 Å². The maximum Gasteiger partial charge on any atom is 0.0908 e. The number of nitrogens with zero attached hydrogens (tertiary/aromatic N) is 1. The second-order valence-electron chi connectivity index (χ2n) is 2.72. The van der Waals surface area contributed by atoms with Gasteiger partial charge in [-0.05, 0) is 25.2 Å². The summed E-state index contributed by atoms with van der Waals surface area (Å²) in [4.78, 5) is 0. The smallest absolute Gasteiger partial charge is 0.0908 e. The minimum Gasteiger partial charge on any atom is -0.393 e. The van der Waals surface area contributed by atoms with Crippen LogP contribution < -0.4 is 0 Å². The monoisotopic (exact) mass is 137 g/mol. The van der Waals surface area contributed by atoms with Crippen LogP contribution in [0, 0.1) is 17.2 Å². The normalized spacial score (nSPS) is 32.8. The van der Waals surface area contributed by atoms with E-state index in [1.54, 1.807) is 0 Å². The molecule has 2 atom stereocenters. The molecule has 0 aromatic rings. The fraction of sp³-hybridized carbons (Fsp3) is 0.625. The summed E-state index contributed by atoms with van der Waals surface area (Å²) < 4.78 is 0. The Hall–Kier alpha value is -0.810. The zero-order chi connectivity index (χ0) is 7.40. The molecule has 0 unspecified atom stereocenters. The van der Waals surface area contributed by atoms with Gasteiger partial charge < -0.3 is 5.11 Å². The third-order valence-corrected chi connectivity index (χ3v) is 1.89. The van der Waals surface area contributed by atoms with Crippen LogP contribution in [0.5, 0.6) is 0 Å². The van der Waals surface area contributed by atoms with Crippen molar-refractivity contribution in [2.24, 2.45) is 5.92 Å². The van der Waals surface area contributed by atoms with Crippen molar-refractivity contribution in [3.05, 3.63) is 12.2 Å². The van der Waals surface area contributed by atoms with E-state index in [0.717, 1.165) is 19.3 Å². The standard InChI is InChI=1S/C8H11NO/c9-5-1-2-7-3-4-8(10)6-7/h1-2,7-8,10H,3-4,6H2/b2-1+/t7-,8+/m1/s1. The van der Waals surface area contributed by atoms with Gasteiger partial charge in [0.25, 0.3) is 0 Å². The lowest BCUT2D eigenvalue weighted by Crippen LogP contribution is -1.97. The molecule has 0 spiro atoms. The number of nitriles is 1. The van der Waals surface area contributed by atoms with E-state index in [9.17, 15) is 0 Å². The Kier molecular flexibility index (Phi) is 2.47. The number of aliphatic hydroxyl groups excluding tert-OH is 1. The van der Waals surface area contributed by atoms with Crippen molar-refractivity contribution >= 4 is 0 Å². The average molecular weight is 137 g/mol. The first-order valence-corrected chi connectivity index (χ1v) is 3.57. The predicted octanol–water partition coefficient (Wildman–Crippen LogP) is 1.23. The SMILES string of the molecule is N#C/C=C/[C@@H]1CC[C@H](O)C1. The molecule has 10 heavy (non-hydrogen) atoms. The Labute approximate surface area is 60.8 Å². The van der Waals surface area contributed by atoms with Crippen LogP contribution in [-0.2, 0) is 0 Å². The molecule has 1 fully saturated rings. The van der Waals surface area contributed by atoms with E-state index in [1.165, 1.54) is 6.08 Å². The van der Waals surface area contributed by atoms with Crippen molar-refractivity contribution in [2.45, 2.75) is 25.4 Å². The Morgan fingerprint density at radius 2 is 2.30 bits per heavy atom. The summed E-state index contributed by atoms with van der Waals surface area (Å²) >= 11 is 0. The molecule has 54 valence electrons. The van der Waals surface area contributed by atoms with Crippen LogP contribution in [0.15, 0.2) is 12.2 Å². The van der Waals surface area contributed by atoms with E-state index in [-0.39, 0.29) is 6.10 Å². The van der Waals surface area contributed by atoms with Crippen LogP contribution in [0.1, 0.15) is 19.3 Å². The zero-order valence-corrected chi connectivity index (χ0v) is 5.83. The van der Waals surface area contributed by atoms with Crippen molar-refractivity contribution in [3.8, 4) is 6.07 Å². The summed E-state index contributed by atoms with van der Waals surface area (Å²) in [7, 11) is 0. The minimum atomic E-state index is -0.131. The highest BCUT2D eigenvalue weighted by atomic mass is 16.3. The summed E-state index contributed by atoms with van der Waals surface area (Å²) in [5.41, 5.74) is 0. The molecule has 0 aromatic carbocycles. The Bertz CT molecular complexity index is 169. The van der Waals surface area contributed by atoms with Crippen LogP contribution in [0.3, 0.4) is 0 Å². The van der Waals surface area contributed by atoms with Crippen LogP contribution >= 0.6 is 0 Å². The van der Waals surface area contributed by atoms with Crippen molar-refractivity contribution < 1.29 is 5.11 Å². The number of rotatable bonds is 1. The fourth-order valence-corrected chi connectivity index (χ4v) is 1.35. The van der Waals surface area contributed by atoms with Crippen LogP contribution in [0.25, 0.3) is 0 Å². The first-order chi connectivity index (χ1) is 4.83. The lowest BCUT2D eigenvalue weighted by atomic mass is 10.1. The maximum absolute atomic E-state index is 9.08. The second-order valence-corrected chi connectivity index (χ2v) is 2.72. The first kappa shape index (κ1) is 7.30. The summed E-state index contributed by atoms with van der Waals surface area (Å²) in [6.45, 7) is 0. The summed E-state index contributed by atoms with van der Waals surface area (Å²) in [6, 6.07) is 1.95. The van der Waals surface area contributed by atoms with Gasteiger partial charge in [0, 0.05) is 6.08 Å². The molecule has 0 heterocycles. The highest BCUT2D eigenvalue weighted by Gasteiger charge is 2.19. The molecule has 0 saturated heterocycles. The molecular weight excluding hydrogens is 126 g/mol. The summed E-state index contributed by atoms with van der Waals surface area (Å²) in [5, 5.41) is 17.3. The van der Waals surface area contributed by atoms with Gasteiger partial charge in [0.15, 0.2) is 0 Å². The molecule has 0 bridgehead atoms. The lowest BCUT2D eigenvalue weighted by molar-refractivity contribution is 0.180. The largest absolute Gasteiger partial charge is 0.393 e. The molecule has 1 rings (SSSR count). The van der Waals surface area contributed by atoms with Gasteiger partial charge >= 0.3 is 0 Å². The Morgan fingerprint density at radius 3 is 2.80 bits per heavy atom.